The van der Waals surface area contributed by atoms with Crippen LogP contribution in [0.25, 0.3) is 0 Å². The maximum absolute atomic E-state index is 6.09. The van der Waals surface area contributed by atoms with Gasteiger partial charge in [-0.05, 0) is 64.3 Å². The van der Waals surface area contributed by atoms with E-state index in [0.29, 0.717) is 0 Å². The van der Waals surface area contributed by atoms with Gasteiger partial charge in [0.05, 0.1) is 0 Å². The Hall–Kier alpha value is -0.280. The summed E-state index contributed by atoms with van der Waals surface area (Å²) in [6, 6.07) is 5.64. The SMILES string of the molecule is CN(C)CCCNCCc1c(Cl)cccc1Cl. The van der Waals surface area contributed by atoms with Crippen LogP contribution in [0.4, 0.5) is 0 Å². The van der Waals surface area contributed by atoms with Crippen molar-refractivity contribution in [2.24, 2.45) is 0 Å². The van der Waals surface area contributed by atoms with Crippen molar-refractivity contribution in [2.45, 2.75) is 12.8 Å². The van der Waals surface area contributed by atoms with E-state index in [4.69, 9.17) is 23.2 Å². The Morgan fingerprint density at radius 1 is 1.12 bits per heavy atom. The van der Waals surface area contributed by atoms with E-state index in [9.17, 15) is 0 Å². The zero-order valence-corrected chi connectivity index (χ0v) is 12.0. The lowest BCUT2D eigenvalue weighted by molar-refractivity contribution is 0.395. The Labute approximate surface area is 114 Å². The highest BCUT2D eigenvalue weighted by Gasteiger charge is 2.04. The molecule has 0 aliphatic rings. The molecule has 0 aromatic heterocycles. The minimum atomic E-state index is 0.757. The number of nitrogens with one attached hydrogen (secondary N) is 1. The molecule has 4 heteroatoms. The molecule has 1 aromatic rings. The molecule has 0 bridgehead atoms. The summed E-state index contributed by atoms with van der Waals surface area (Å²) >= 11 is 12.2. The number of hydrogen-bond acceptors (Lipinski definition) is 2. The Morgan fingerprint density at radius 2 is 1.76 bits per heavy atom. The molecule has 0 spiro atoms. The first-order valence-corrected chi connectivity index (χ1v) is 6.65. The Morgan fingerprint density at radius 3 is 2.35 bits per heavy atom. The second-order valence-electron chi connectivity index (χ2n) is 4.36. The molecule has 0 atom stereocenters. The smallest absolute Gasteiger partial charge is 0.0453 e. The fraction of sp³-hybridized carbons (Fsp3) is 0.538. The zero-order chi connectivity index (χ0) is 12.7. The fourth-order valence-electron chi connectivity index (χ4n) is 1.63. The van der Waals surface area contributed by atoms with Crippen LogP contribution in [0.2, 0.25) is 10.0 Å². The number of rotatable bonds is 7. The molecule has 96 valence electrons. The fourth-order valence-corrected chi connectivity index (χ4v) is 2.22. The van der Waals surface area contributed by atoms with Crippen LogP contribution in [0.1, 0.15) is 12.0 Å². The quantitative estimate of drug-likeness (QED) is 0.769. The second kappa shape index (κ2) is 7.93. The lowest BCUT2D eigenvalue weighted by Crippen LogP contribution is -2.23. The summed E-state index contributed by atoms with van der Waals surface area (Å²) in [5, 5.41) is 4.91. The van der Waals surface area contributed by atoms with Gasteiger partial charge in [0.2, 0.25) is 0 Å². The average molecular weight is 275 g/mol. The number of hydrogen-bond donors (Lipinski definition) is 1. The lowest BCUT2D eigenvalue weighted by atomic mass is 10.1. The molecule has 1 rings (SSSR count). The van der Waals surface area contributed by atoms with Gasteiger partial charge in [-0.3, -0.25) is 0 Å². The van der Waals surface area contributed by atoms with Gasteiger partial charge in [-0.15, -0.1) is 0 Å². The Kier molecular flexibility index (Phi) is 6.90. The summed E-state index contributed by atoms with van der Waals surface area (Å²) in [7, 11) is 4.17. The van der Waals surface area contributed by atoms with E-state index >= 15 is 0 Å². The molecule has 1 N–H and O–H groups in total. The summed E-state index contributed by atoms with van der Waals surface area (Å²) in [5.74, 6) is 0. The molecular weight excluding hydrogens is 255 g/mol. The average Bonchev–Trinajstić information content (AvgIpc) is 2.26. The van der Waals surface area contributed by atoms with Crippen LogP contribution in [0.3, 0.4) is 0 Å². The molecule has 0 radical (unpaired) electrons. The summed E-state index contributed by atoms with van der Waals surface area (Å²) in [5.41, 5.74) is 1.04. The summed E-state index contributed by atoms with van der Waals surface area (Å²) in [4.78, 5) is 2.19. The first-order valence-electron chi connectivity index (χ1n) is 5.89. The molecule has 17 heavy (non-hydrogen) atoms. The van der Waals surface area contributed by atoms with Gasteiger partial charge in [0.1, 0.15) is 0 Å². The Balaban J connectivity index is 2.22. The molecule has 0 saturated carbocycles. The molecule has 2 nitrogen and oxygen atoms in total. The molecule has 0 unspecified atom stereocenters. The minimum absolute atomic E-state index is 0.757. The standard InChI is InChI=1S/C13H20Cl2N2/c1-17(2)10-4-8-16-9-7-11-12(14)5-3-6-13(11)15/h3,5-6,16H,4,7-10H2,1-2H3. The highest BCUT2D eigenvalue weighted by atomic mass is 35.5. The summed E-state index contributed by atoms with van der Waals surface area (Å²) in [6.07, 6.45) is 2.03. The molecule has 1 aromatic carbocycles. The van der Waals surface area contributed by atoms with Crippen molar-refractivity contribution < 1.29 is 0 Å². The van der Waals surface area contributed by atoms with E-state index in [0.717, 1.165) is 48.1 Å². The van der Waals surface area contributed by atoms with Crippen LogP contribution in [0.15, 0.2) is 18.2 Å². The van der Waals surface area contributed by atoms with Crippen LogP contribution >= 0.6 is 23.2 Å². The third kappa shape index (κ3) is 5.73. The van der Waals surface area contributed by atoms with Gasteiger partial charge in [-0.25, -0.2) is 0 Å². The Bertz CT molecular complexity index is 320. The molecule has 0 aliphatic carbocycles. The van der Waals surface area contributed by atoms with Crippen molar-refractivity contribution in [2.75, 3.05) is 33.7 Å². The van der Waals surface area contributed by atoms with E-state index in [1.54, 1.807) is 0 Å². The van der Waals surface area contributed by atoms with Crippen molar-refractivity contribution in [3.05, 3.63) is 33.8 Å². The van der Waals surface area contributed by atoms with E-state index in [2.05, 4.69) is 24.3 Å². The number of nitrogens with zero attached hydrogens (tertiary/aromatic N) is 1. The predicted octanol–water partition coefficient (Wildman–Crippen LogP) is 3.08. The third-order valence-corrected chi connectivity index (χ3v) is 3.28. The lowest BCUT2D eigenvalue weighted by Gasteiger charge is -2.10. The van der Waals surface area contributed by atoms with Crippen LogP contribution in [-0.2, 0) is 6.42 Å². The molecule has 0 saturated heterocycles. The minimum Gasteiger partial charge on any atom is -0.316 e. The first-order chi connectivity index (χ1) is 8.11. The highest BCUT2D eigenvalue weighted by molar-refractivity contribution is 6.35. The maximum atomic E-state index is 6.09. The normalized spacial score (nSPS) is 11.1. The largest absolute Gasteiger partial charge is 0.316 e. The molecule has 0 aliphatic heterocycles. The van der Waals surface area contributed by atoms with Crippen molar-refractivity contribution in [1.82, 2.24) is 10.2 Å². The van der Waals surface area contributed by atoms with Gasteiger partial charge in [0, 0.05) is 10.0 Å². The molecular formula is C13H20Cl2N2. The molecule has 0 amide bonds. The monoisotopic (exact) mass is 274 g/mol. The van der Waals surface area contributed by atoms with Crippen molar-refractivity contribution in [1.29, 1.82) is 0 Å². The van der Waals surface area contributed by atoms with E-state index in [1.165, 1.54) is 0 Å². The van der Waals surface area contributed by atoms with Gasteiger partial charge in [0.25, 0.3) is 0 Å². The maximum Gasteiger partial charge on any atom is 0.0453 e. The van der Waals surface area contributed by atoms with Gasteiger partial charge in [-0.1, -0.05) is 29.3 Å². The number of benzene rings is 1. The third-order valence-electron chi connectivity index (χ3n) is 2.57. The van der Waals surface area contributed by atoms with Crippen LogP contribution in [-0.4, -0.2) is 38.6 Å². The van der Waals surface area contributed by atoms with Crippen molar-refractivity contribution >= 4 is 23.2 Å². The first kappa shape index (κ1) is 14.8. The van der Waals surface area contributed by atoms with Crippen LogP contribution in [0.5, 0.6) is 0 Å². The van der Waals surface area contributed by atoms with Crippen molar-refractivity contribution in [3.8, 4) is 0 Å². The molecule has 0 heterocycles. The van der Waals surface area contributed by atoms with E-state index in [1.807, 2.05) is 18.2 Å². The van der Waals surface area contributed by atoms with Crippen LogP contribution in [0, 0.1) is 0 Å². The second-order valence-corrected chi connectivity index (χ2v) is 5.17. The summed E-state index contributed by atoms with van der Waals surface area (Å²) in [6.45, 7) is 3.05. The van der Waals surface area contributed by atoms with E-state index in [-0.39, 0.29) is 0 Å². The summed E-state index contributed by atoms with van der Waals surface area (Å²) < 4.78 is 0. The zero-order valence-electron chi connectivity index (χ0n) is 10.5. The van der Waals surface area contributed by atoms with Gasteiger partial charge in [-0.2, -0.15) is 0 Å². The number of halogens is 2. The topological polar surface area (TPSA) is 15.3 Å². The van der Waals surface area contributed by atoms with Crippen molar-refractivity contribution in [3.63, 3.8) is 0 Å². The van der Waals surface area contributed by atoms with Crippen LogP contribution < -0.4 is 5.32 Å². The van der Waals surface area contributed by atoms with E-state index < -0.39 is 0 Å². The van der Waals surface area contributed by atoms with Gasteiger partial charge in [0.15, 0.2) is 0 Å². The van der Waals surface area contributed by atoms with Gasteiger partial charge >= 0.3 is 0 Å². The van der Waals surface area contributed by atoms with Gasteiger partial charge < -0.3 is 10.2 Å². The molecule has 0 fully saturated rings. The predicted molar refractivity (Wildman–Crippen MR) is 76.2 cm³/mol. The highest BCUT2D eigenvalue weighted by Crippen LogP contribution is 2.24.